The highest BCUT2D eigenvalue weighted by atomic mass is 35.5. The van der Waals surface area contributed by atoms with Gasteiger partial charge in [-0.25, -0.2) is 0 Å². The molecule has 0 aromatic heterocycles. The molecule has 1 unspecified atom stereocenters. The number of anilines is 1. The molecule has 0 spiro atoms. The van der Waals surface area contributed by atoms with Crippen molar-refractivity contribution in [1.29, 1.82) is 0 Å². The van der Waals surface area contributed by atoms with Crippen molar-refractivity contribution < 1.29 is 9.59 Å². The molecule has 0 fully saturated rings. The zero-order valence-electron chi connectivity index (χ0n) is 15.9. The number of halogens is 2. The summed E-state index contributed by atoms with van der Waals surface area (Å²) in [6, 6.07) is 5.54. The van der Waals surface area contributed by atoms with Crippen LogP contribution in [0.2, 0.25) is 5.02 Å². The van der Waals surface area contributed by atoms with E-state index in [1.807, 2.05) is 26.0 Å². The molecule has 1 aromatic carbocycles. The second kappa shape index (κ2) is 9.07. The molecule has 2 amide bonds. The Bertz CT molecular complexity index is 652. The van der Waals surface area contributed by atoms with E-state index in [-0.39, 0.29) is 30.1 Å². The van der Waals surface area contributed by atoms with Crippen molar-refractivity contribution in [2.75, 3.05) is 32.1 Å². The Hall–Kier alpha value is -1.30. The van der Waals surface area contributed by atoms with Gasteiger partial charge in [0.15, 0.2) is 0 Å². The van der Waals surface area contributed by atoms with E-state index in [1.165, 1.54) is 0 Å². The molecule has 1 aliphatic heterocycles. The normalized spacial score (nSPS) is 16.1. The molecule has 0 bridgehead atoms. The third-order valence-corrected chi connectivity index (χ3v) is 5.72. The van der Waals surface area contributed by atoms with Gasteiger partial charge in [0.25, 0.3) is 0 Å². The van der Waals surface area contributed by atoms with Crippen molar-refractivity contribution in [3.05, 3.63) is 28.8 Å². The molecular weight excluding hydrogens is 373 g/mol. The predicted molar refractivity (Wildman–Crippen MR) is 109 cm³/mol. The van der Waals surface area contributed by atoms with Gasteiger partial charge in [0.05, 0.1) is 5.41 Å². The van der Waals surface area contributed by atoms with Gasteiger partial charge in [0, 0.05) is 50.2 Å². The van der Waals surface area contributed by atoms with Crippen LogP contribution in [0.1, 0.15) is 44.6 Å². The maximum absolute atomic E-state index is 13.3. The van der Waals surface area contributed by atoms with E-state index in [2.05, 4.69) is 0 Å². The first kappa shape index (κ1) is 22.7. The molecule has 5 nitrogen and oxygen atoms in total. The minimum Gasteiger partial charge on any atom is -0.349 e. The van der Waals surface area contributed by atoms with Crippen LogP contribution in [0.4, 0.5) is 5.69 Å². The molecule has 1 atom stereocenters. The lowest BCUT2D eigenvalue weighted by molar-refractivity contribution is -0.130. The summed E-state index contributed by atoms with van der Waals surface area (Å²) >= 11 is 6.17. The number of carbonyl (C=O) groups is 2. The van der Waals surface area contributed by atoms with Crippen LogP contribution in [0.25, 0.3) is 0 Å². The highest BCUT2D eigenvalue weighted by molar-refractivity contribution is 6.30. The van der Waals surface area contributed by atoms with Gasteiger partial charge in [-0.05, 0) is 36.6 Å². The molecule has 0 radical (unpaired) electrons. The quantitative estimate of drug-likeness (QED) is 0.793. The number of carbonyl (C=O) groups excluding carboxylic acids is 2. The Kier molecular flexibility index (Phi) is 7.93. The summed E-state index contributed by atoms with van der Waals surface area (Å²) in [4.78, 5) is 28.9. The van der Waals surface area contributed by atoms with Crippen molar-refractivity contribution in [3.8, 4) is 0 Å². The molecule has 2 rings (SSSR count). The van der Waals surface area contributed by atoms with Gasteiger partial charge in [-0.15, -0.1) is 12.4 Å². The number of benzene rings is 1. The van der Waals surface area contributed by atoms with E-state index in [0.29, 0.717) is 37.4 Å². The lowest BCUT2D eigenvalue weighted by atomic mass is 9.81. The smallest absolute Gasteiger partial charge is 0.234 e. The Morgan fingerprint density at radius 1 is 1.31 bits per heavy atom. The van der Waals surface area contributed by atoms with Gasteiger partial charge in [-0.2, -0.15) is 0 Å². The largest absolute Gasteiger partial charge is 0.349 e. The average molecular weight is 402 g/mol. The molecule has 0 saturated carbocycles. The van der Waals surface area contributed by atoms with Crippen LogP contribution in [0.15, 0.2) is 18.2 Å². The Morgan fingerprint density at radius 2 is 1.92 bits per heavy atom. The number of rotatable bonds is 6. The fourth-order valence-electron chi connectivity index (χ4n) is 3.49. The van der Waals surface area contributed by atoms with E-state index in [0.717, 1.165) is 11.3 Å². The highest BCUT2D eigenvalue weighted by Gasteiger charge is 2.42. The zero-order valence-corrected chi connectivity index (χ0v) is 17.5. The van der Waals surface area contributed by atoms with Gasteiger partial charge in [0.2, 0.25) is 11.8 Å². The number of nitrogens with two attached hydrogens (primary N) is 1. The molecule has 7 heteroatoms. The van der Waals surface area contributed by atoms with Crippen LogP contribution in [-0.2, 0) is 9.59 Å². The summed E-state index contributed by atoms with van der Waals surface area (Å²) in [7, 11) is 3.49. The van der Waals surface area contributed by atoms with E-state index in [1.54, 1.807) is 30.0 Å². The minimum absolute atomic E-state index is 0. The van der Waals surface area contributed by atoms with E-state index >= 15 is 0 Å². The van der Waals surface area contributed by atoms with Gasteiger partial charge in [-0.1, -0.05) is 25.4 Å². The SMILES string of the molecule is CCC(CC)(CN)C(=O)N1CC(CC(=O)N(C)C)c2cc(Cl)ccc21.Cl. The first-order valence-corrected chi connectivity index (χ1v) is 9.19. The number of nitrogens with zero attached hydrogens (tertiary/aromatic N) is 2. The summed E-state index contributed by atoms with van der Waals surface area (Å²) in [6.07, 6.45) is 1.75. The van der Waals surface area contributed by atoms with Crippen LogP contribution in [-0.4, -0.2) is 43.9 Å². The summed E-state index contributed by atoms with van der Waals surface area (Å²) in [5, 5.41) is 0.617. The van der Waals surface area contributed by atoms with Gasteiger partial charge in [-0.3, -0.25) is 9.59 Å². The lowest BCUT2D eigenvalue weighted by Crippen LogP contribution is -2.47. The van der Waals surface area contributed by atoms with Crippen molar-refractivity contribution >= 4 is 41.5 Å². The Labute approximate surface area is 167 Å². The topological polar surface area (TPSA) is 66.6 Å². The second-order valence-electron chi connectivity index (χ2n) is 7.00. The molecule has 2 N–H and O–H groups in total. The third-order valence-electron chi connectivity index (χ3n) is 5.49. The Balaban J connectivity index is 0.00000338. The van der Waals surface area contributed by atoms with Crippen LogP contribution in [0, 0.1) is 5.41 Å². The summed E-state index contributed by atoms with van der Waals surface area (Å²) < 4.78 is 0. The highest BCUT2D eigenvalue weighted by Crippen LogP contribution is 2.42. The molecule has 26 heavy (non-hydrogen) atoms. The fourth-order valence-corrected chi connectivity index (χ4v) is 3.67. The van der Waals surface area contributed by atoms with E-state index in [4.69, 9.17) is 17.3 Å². The molecule has 0 saturated heterocycles. The number of amides is 2. The van der Waals surface area contributed by atoms with Gasteiger partial charge in [0.1, 0.15) is 0 Å². The van der Waals surface area contributed by atoms with E-state index < -0.39 is 5.41 Å². The monoisotopic (exact) mass is 401 g/mol. The van der Waals surface area contributed by atoms with Crippen molar-refractivity contribution in [2.24, 2.45) is 11.1 Å². The van der Waals surface area contributed by atoms with Crippen LogP contribution in [0.5, 0.6) is 0 Å². The summed E-state index contributed by atoms with van der Waals surface area (Å²) in [5.41, 5.74) is 7.23. The van der Waals surface area contributed by atoms with Crippen LogP contribution >= 0.6 is 24.0 Å². The molecule has 0 aliphatic carbocycles. The molecule has 1 heterocycles. The lowest BCUT2D eigenvalue weighted by Gasteiger charge is -2.33. The second-order valence-corrected chi connectivity index (χ2v) is 7.44. The Morgan fingerprint density at radius 3 is 2.42 bits per heavy atom. The van der Waals surface area contributed by atoms with Crippen LogP contribution < -0.4 is 10.6 Å². The third kappa shape index (κ3) is 4.16. The minimum atomic E-state index is -0.558. The maximum Gasteiger partial charge on any atom is 0.234 e. The first-order valence-electron chi connectivity index (χ1n) is 8.81. The van der Waals surface area contributed by atoms with Gasteiger partial charge < -0.3 is 15.5 Å². The summed E-state index contributed by atoms with van der Waals surface area (Å²) in [5.74, 6) is 0.0430. The van der Waals surface area contributed by atoms with Crippen molar-refractivity contribution in [2.45, 2.75) is 39.0 Å². The number of hydrogen-bond acceptors (Lipinski definition) is 3. The fraction of sp³-hybridized carbons (Fsp3) is 0.579. The van der Waals surface area contributed by atoms with E-state index in [9.17, 15) is 9.59 Å². The van der Waals surface area contributed by atoms with Gasteiger partial charge >= 0.3 is 0 Å². The maximum atomic E-state index is 13.3. The zero-order chi connectivity index (χ0) is 18.8. The van der Waals surface area contributed by atoms with Crippen molar-refractivity contribution in [1.82, 2.24) is 4.90 Å². The van der Waals surface area contributed by atoms with Crippen LogP contribution in [0.3, 0.4) is 0 Å². The first-order chi connectivity index (χ1) is 11.8. The predicted octanol–water partition coefficient (Wildman–Crippen LogP) is 3.44. The average Bonchev–Trinajstić information content (AvgIpc) is 2.94. The number of fused-ring (bicyclic) bond motifs is 1. The molecular formula is C19H29Cl2N3O2. The molecule has 146 valence electrons. The molecule has 1 aromatic rings. The summed E-state index contributed by atoms with van der Waals surface area (Å²) in [6.45, 7) is 4.82. The molecule has 1 aliphatic rings. The number of hydrogen-bond donors (Lipinski definition) is 1. The standard InChI is InChI=1S/C19H28ClN3O2.ClH/c1-5-19(6-2,12-21)18(25)23-11-13(9-17(24)22(3)4)15-10-14(20)7-8-16(15)23;/h7-8,10,13H,5-6,9,11-12,21H2,1-4H3;1H. The van der Waals surface area contributed by atoms with Crippen molar-refractivity contribution in [3.63, 3.8) is 0 Å².